The highest BCUT2D eigenvalue weighted by atomic mass is 15.2. The van der Waals surface area contributed by atoms with Crippen LogP contribution < -0.4 is 9.80 Å². The molecular formula is C50H33N3. The fourth-order valence-electron chi connectivity index (χ4n) is 8.56. The van der Waals surface area contributed by atoms with Crippen molar-refractivity contribution in [3.8, 4) is 16.8 Å². The highest BCUT2D eigenvalue weighted by molar-refractivity contribution is 6.19. The van der Waals surface area contributed by atoms with E-state index in [4.69, 9.17) is 0 Å². The zero-order valence-corrected chi connectivity index (χ0v) is 28.9. The molecule has 0 aliphatic carbocycles. The van der Waals surface area contributed by atoms with E-state index in [0.29, 0.717) is 0 Å². The summed E-state index contributed by atoms with van der Waals surface area (Å²) >= 11 is 0. The highest BCUT2D eigenvalue weighted by Crippen LogP contribution is 2.53. The second kappa shape index (κ2) is 11.7. The van der Waals surface area contributed by atoms with Crippen LogP contribution in [-0.2, 0) is 0 Å². The Kier molecular flexibility index (Phi) is 6.55. The minimum Gasteiger partial charge on any atom is -0.310 e. The smallest absolute Gasteiger partial charge is 0.0618 e. The lowest BCUT2D eigenvalue weighted by Crippen LogP contribution is -2.16. The van der Waals surface area contributed by atoms with E-state index in [1.165, 1.54) is 65.9 Å². The lowest BCUT2D eigenvalue weighted by Gasteiger charge is -2.35. The Morgan fingerprint density at radius 2 is 1.00 bits per heavy atom. The van der Waals surface area contributed by atoms with Crippen molar-refractivity contribution in [2.75, 3.05) is 9.80 Å². The molecule has 0 atom stereocenters. The van der Waals surface area contributed by atoms with Crippen molar-refractivity contribution in [3.05, 3.63) is 200 Å². The van der Waals surface area contributed by atoms with Crippen LogP contribution in [-0.4, -0.2) is 4.57 Å². The van der Waals surface area contributed by atoms with Gasteiger partial charge in [-0.25, -0.2) is 0 Å². The van der Waals surface area contributed by atoms with Crippen LogP contribution in [0.5, 0.6) is 0 Å². The minimum absolute atomic E-state index is 1.09. The normalized spacial score (nSPS) is 12.1. The number of fused-ring (bicyclic) bond motifs is 7. The molecule has 53 heavy (non-hydrogen) atoms. The Labute approximate surface area is 307 Å². The van der Waals surface area contributed by atoms with Crippen LogP contribution in [0.1, 0.15) is 0 Å². The van der Waals surface area contributed by atoms with Gasteiger partial charge >= 0.3 is 0 Å². The summed E-state index contributed by atoms with van der Waals surface area (Å²) in [6.07, 6.45) is 0. The maximum atomic E-state index is 2.47. The Morgan fingerprint density at radius 3 is 1.83 bits per heavy atom. The number of benzene rings is 9. The van der Waals surface area contributed by atoms with E-state index in [0.717, 1.165) is 28.4 Å². The number of rotatable bonds is 5. The third-order valence-electron chi connectivity index (χ3n) is 10.8. The Morgan fingerprint density at radius 1 is 0.358 bits per heavy atom. The van der Waals surface area contributed by atoms with E-state index in [2.05, 4.69) is 215 Å². The monoisotopic (exact) mass is 675 g/mol. The number of hydrogen-bond donors (Lipinski definition) is 0. The molecule has 9 aromatic carbocycles. The summed E-state index contributed by atoms with van der Waals surface area (Å²) in [5.74, 6) is 0. The first-order chi connectivity index (χ1) is 26.3. The number of nitrogens with zero attached hydrogens (tertiary/aromatic N) is 3. The summed E-state index contributed by atoms with van der Waals surface area (Å²) in [4.78, 5) is 4.83. The highest BCUT2D eigenvalue weighted by Gasteiger charge is 2.28. The van der Waals surface area contributed by atoms with Gasteiger partial charge < -0.3 is 14.4 Å². The lowest BCUT2D eigenvalue weighted by molar-refractivity contribution is 1.18. The fraction of sp³-hybridized carbons (Fsp3) is 0. The van der Waals surface area contributed by atoms with E-state index in [-0.39, 0.29) is 0 Å². The Hall–Kier alpha value is -7.10. The molecular weight excluding hydrogens is 643 g/mol. The standard InChI is InChI=1S/C50H33N3/c1-3-16-36(17-4-1)51(40-30-32-43-42-21-9-10-23-46(42)52(48(43)33-40)37-18-5-2-6-19-37)38-26-28-39(29-27-38)53-47-24-12-15-35-14-11-22-44(49(35)47)45-31-25-34-13-7-8-20-41(34)50(45)53/h1-33H. The molecule has 1 aliphatic heterocycles. The Balaban J connectivity index is 1.10. The molecule has 2 heterocycles. The van der Waals surface area contributed by atoms with Crippen molar-refractivity contribution in [1.29, 1.82) is 0 Å². The van der Waals surface area contributed by atoms with E-state index in [1.54, 1.807) is 0 Å². The molecule has 248 valence electrons. The van der Waals surface area contributed by atoms with Crippen LogP contribution in [0.25, 0.3) is 60.2 Å². The summed E-state index contributed by atoms with van der Waals surface area (Å²) in [5, 5.41) is 7.50. The second-order valence-electron chi connectivity index (χ2n) is 13.8. The first kappa shape index (κ1) is 29.6. The summed E-state index contributed by atoms with van der Waals surface area (Å²) in [7, 11) is 0. The van der Waals surface area contributed by atoms with Gasteiger partial charge in [0.15, 0.2) is 0 Å². The molecule has 0 spiro atoms. The van der Waals surface area contributed by atoms with Gasteiger partial charge in [-0.05, 0) is 89.1 Å². The summed E-state index contributed by atoms with van der Waals surface area (Å²) in [6.45, 7) is 0. The van der Waals surface area contributed by atoms with Crippen molar-refractivity contribution >= 4 is 77.5 Å². The van der Waals surface area contributed by atoms with Crippen LogP contribution in [0.15, 0.2) is 200 Å². The topological polar surface area (TPSA) is 11.4 Å². The summed E-state index contributed by atoms with van der Waals surface area (Å²) < 4.78 is 2.39. The van der Waals surface area contributed by atoms with Crippen LogP contribution in [0.3, 0.4) is 0 Å². The van der Waals surface area contributed by atoms with Gasteiger partial charge in [0.05, 0.1) is 22.4 Å². The van der Waals surface area contributed by atoms with E-state index in [1.807, 2.05) is 0 Å². The molecule has 0 radical (unpaired) electrons. The molecule has 3 nitrogen and oxygen atoms in total. The van der Waals surface area contributed by atoms with Gasteiger partial charge in [-0.2, -0.15) is 0 Å². The number of hydrogen-bond acceptors (Lipinski definition) is 2. The lowest BCUT2D eigenvalue weighted by atomic mass is 9.88. The van der Waals surface area contributed by atoms with Gasteiger partial charge in [-0.15, -0.1) is 0 Å². The molecule has 0 saturated carbocycles. The van der Waals surface area contributed by atoms with Crippen molar-refractivity contribution in [2.45, 2.75) is 0 Å². The zero-order valence-electron chi connectivity index (χ0n) is 28.9. The molecule has 0 bridgehead atoms. The summed E-state index contributed by atoms with van der Waals surface area (Å²) in [6, 6.07) is 72.7. The molecule has 0 amide bonds. The van der Waals surface area contributed by atoms with Gasteiger partial charge in [-0.3, -0.25) is 0 Å². The number of para-hydroxylation sites is 3. The quantitative estimate of drug-likeness (QED) is 0.180. The van der Waals surface area contributed by atoms with Crippen molar-refractivity contribution < 1.29 is 0 Å². The van der Waals surface area contributed by atoms with Crippen molar-refractivity contribution in [3.63, 3.8) is 0 Å². The van der Waals surface area contributed by atoms with Crippen molar-refractivity contribution in [2.24, 2.45) is 0 Å². The predicted octanol–water partition coefficient (Wildman–Crippen LogP) is 14.0. The first-order valence-electron chi connectivity index (χ1n) is 18.2. The van der Waals surface area contributed by atoms with Gasteiger partial charge in [0, 0.05) is 55.5 Å². The molecule has 11 rings (SSSR count). The zero-order chi connectivity index (χ0) is 34.9. The molecule has 1 aliphatic rings. The van der Waals surface area contributed by atoms with Crippen LogP contribution in [0, 0.1) is 0 Å². The van der Waals surface area contributed by atoms with Gasteiger partial charge in [0.1, 0.15) is 0 Å². The molecule has 1 aromatic heterocycles. The molecule has 0 unspecified atom stereocenters. The third kappa shape index (κ3) is 4.54. The number of aromatic nitrogens is 1. The van der Waals surface area contributed by atoms with Crippen LogP contribution >= 0.6 is 0 Å². The second-order valence-corrected chi connectivity index (χ2v) is 13.8. The predicted molar refractivity (Wildman–Crippen MR) is 224 cm³/mol. The maximum Gasteiger partial charge on any atom is 0.0618 e. The minimum atomic E-state index is 1.09. The molecule has 3 heteroatoms. The largest absolute Gasteiger partial charge is 0.310 e. The maximum absolute atomic E-state index is 2.47. The van der Waals surface area contributed by atoms with Crippen LogP contribution in [0.2, 0.25) is 0 Å². The average Bonchev–Trinajstić information content (AvgIpc) is 3.56. The Bertz CT molecular complexity index is 2990. The average molecular weight is 676 g/mol. The fourth-order valence-corrected chi connectivity index (χ4v) is 8.56. The summed E-state index contributed by atoms with van der Waals surface area (Å²) in [5.41, 5.74) is 12.9. The molecule has 10 aromatic rings. The van der Waals surface area contributed by atoms with Crippen molar-refractivity contribution in [1.82, 2.24) is 4.57 Å². The van der Waals surface area contributed by atoms with Crippen LogP contribution in [0.4, 0.5) is 34.1 Å². The van der Waals surface area contributed by atoms with E-state index in [9.17, 15) is 0 Å². The van der Waals surface area contributed by atoms with E-state index >= 15 is 0 Å². The number of anilines is 6. The van der Waals surface area contributed by atoms with Gasteiger partial charge in [0.2, 0.25) is 0 Å². The van der Waals surface area contributed by atoms with E-state index < -0.39 is 0 Å². The third-order valence-corrected chi connectivity index (χ3v) is 10.8. The molecule has 0 saturated heterocycles. The molecule has 0 fully saturated rings. The molecule has 0 N–H and O–H groups in total. The van der Waals surface area contributed by atoms with Gasteiger partial charge in [0.25, 0.3) is 0 Å². The SMILES string of the molecule is c1ccc(N(c2ccc(N3c4c(ccc5ccccc45)-c4cccc5cccc3c45)cc2)c2ccc3c4ccccc4n(-c4ccccc4)c3c2)cc1. The first-order valence-corrected chi connectivity index (χ1v) is 18.2. The van der Waals surface area contributed by atoms with Gasteiger partial charge in [-0.1, -0.05) is 127 Å².